The Morgan fingerprint density at radius 1 is 1.42 bits per heavy atom. The molecule has 0 atom stereocenters. The summed E-state index contributed by atoms with van der Waals surface area (Å²) in [5.74, 6) is -1.45. The van der Waals surface area contributed by atoms with Crippen LogP contribution in [0, 0.1) is 0 Å². The second-order valence-electron chi connectivity index (χ2n) is 2.02. The molecule has 0 aliphatic rings. The van der Waals surface area contributed by atoms with Gasteiger partial charge in [0.05, 0.1) is 0 Å². The zero-order chi connectivity index (χ0) is 9.56. The molecule has 0 bridgehead atoms. The molecule has 12 heavy (non-hydrogen) atoms. The molecule has 0 spiro atoms. The van der Waals surface area contributed by atoms with Crippen LogP contribution in [0.4, 0.5) is 0 Å². The van der Waals surface area contributed by atoms with Crippen LogP contribution in [0.3, 0.4) is 0 Å². The number of hydrogen-bond acceptors (Lipinski definition) is 4. The Labute approximate surface area is 70.9 Å². The van der Waals surface area contributed by atoms with Gasteiger partial charge < -0.3 is 10.1 Å². The van der Waals surface area contributed by atoms with E-state index in [9.17, 15) is 9.59 Å². The predicted molar refractivity (Wildman–Crippen MR) is 44.1 cm³/mol. The fourth-order valence-electron chi connectivity index (χ4n) is 0.419. The lowest BCUT2D eigenvalue weighted by molar-refractivity contribution is -0.152. The molecular weight excluding hydrogens is 158 g/mol. The van der Waals surface area contributed by atoms with E-state index in [2.05, 4.69) is 16.6 Å². The van der Waals surface area contributed by atoms with Crippen molar-refractivity contribution in [3.63, 3.8) is 0 Å². The second kappa shape index (κ2) is 5.12. The number of ether oxygens (including phenoxy) is 1. The third-order valence-electron chi connectivity index (χ3n) is 1.10. The first-order valence-corrected chi connectivity index (χ1v) is 3.34. The Morgan fingerprint density at radius 3 is 2.42 bits per heavy atom. The molecule has 0 aliphatic carbocycles. The summed E-state index contributed by atoms with van der Waals surface area (Å²) in [4.78, 5) is 21.3. The lowest BCUT2D eigenvalue weighted by atomic mass is 10.4. The number of nitrogens with one attached hydrogen (secondary N) is 1. The maximum absolute atomic E-state index is 10.8. The summed E-state index contributed by atoms with van der Waals surface area (Å²) in [5.41, 5.74) is 0.622. The Hall–Kier alpha value is -1.58. The van der Waals surface area contributed by atoms with Gasteiger partial charge in [0, 0.05) is 24.9 Å². The van der Waals surface area contributed by atoms with Gasteiger partial charge in [0.15, 0.2) is 0 Å². The van der Waals surface area contributed by atoms with Crippen molar-refractivity contribution in [3.05, 3.63) is 24.4 Å². The van der Waals surface area contributed by atoms with Crippen molar-refractivity contribution in [1.82, 2.24) is 5.32 Å². The van der Waals surface area contributed by atoms with Crippen molar-refractivity contribution in [2.45, 2.75) is 6.92 Å². The highest BCUT2D eigenvalue weighted by molar-refractivity contribution is 5.96. The van der Waals surface area contributed by atoms with Gasteiger partial charge in [-0.2, -0.15) is 0 Å². The summed E-state index contributed by atoms with van der Waals surface area (Å²) in [5, 5.41) is 2.71. The van der Waals surface area contributed by atoms with Crippen LogP contribution in [0.1, 0.15) is 6.92 Å². The van der Waals surface area contributed by atoms with Crippen LogP contribution >= 0.6 is 0 Å². The molecule has 0 aromatic heterocycles. The van der Waals surface area contributed by atoms with Gasteiger partial charge in [0.1, 0.15) is 0 Å². The van der Waals surface area contributed by atoms with Gasteiger partial charge in [-0.1, -0.05) is 6.58 Å². The highest BCUT2D eigenvalue weighted by Crippen LogP contribution is 1.89. The van der Waals surface area contributed by atoms with E-state index < -0.39 is 11.9 Å². The van der Waals surface area contributed by atoms with Crippen LogP contribution in [0.25, 0.3) is 0 Å². The maximum atomic E-state index is 10.8. The van der Waals surface area contributed by atoms with Gasteiger partial charge in [0.2, 0.25) is 0 Å². The molecule has 0 radical (unpaired) electrons. The number of carbonyl (C=O) groups is 2. The maximum Gasteiger partial charge on any atom is 0.340 e. The van der Waals surface area contributed by atoms with Crippen LogP contribution in [0.2, 0.25) is 0 Å². The number of hydrogen-bond donors (Lipinski definition) is 1. The molecule has 4 heteroatoms. The highest BCUT2D eigenvalue weighted by atomic mass is 16.6. The van der Waals surface area contributed by atoms with Crippen molar-refractivity contribution in [2.24, 2.45) is 0 Å². The van der Waals surface area contributed by atoms with Crippen LogP contribution in [0.5, 0.6) is 0 Å². The first-order valence-electron chi connectivity index (χ1n) is 3.34. The molecule has 0 amide bonds. The van der Waals surface area contributed by atoms with Crippen LogP contribution < -0.4 is 5.32 Å². The third kappa shape index (κ3) is 4.27. The van der Waals surface area contributed by atoms with Gasteiger partial charge >= 0.3 is 11.9 Å². The van der Waals surface area contributed by atoms with E-state index in [1.807, 2.05) is 0 Å². The SMILES string of the molecule is C=CC(=O)OC(=O)/C=C(/C)NC. The summed E-state index contributed by atoms with van der Waals surface area (Å²) in [7, 11) is 1.66. The van der Waals surface area contributed by atoms with Crippen LogP contribution in [0.15, 0.2) is 24.4 Å². The largest absolute Gasteiger partial charge is 0.391 e. The minimum absolute atomic E-state index is 0.622. The molecule has 4 nitrogen and oxygen atoms in total. The second-order valence-corrected chi connectivity index (χ2v) is 2.02. The summed E-state index contributed by atoms with van der Waals surface area (Å²) in [6.07, 6.45) is 2.11. The Bertz CT molecular complexity index is 230. The minimum Gasteiger partial charge on any atom is -0.391 e. The van der Waals surface area contributed by atoms with E-state index >= 15 is 0 Å². The topological polar surface area (TPSA) is 55.4 Å². The van der Waals surface area contributed by atoms with Crippen molar-refractivity contribution >= 4 is 11.9 Å². The van der Waals surface area contributed by atoms with Crippen LogP contribution in [-0.4, -0.2) is 19.0 Å². The first kappa shape index (κ1) is 10.4. The Balaban J connectivity index is 4.06. The van der Waals surface area contributed by atoms with Gasteiger partial charge in [-0.15, -0.1) is 0 Å². The number of rotatable bonds is 3. The van der Waals surface area contributed by atoms with Crippen molar-refractivity contribution in [2.75, 3.05) is 7.05 Å². The van der Waals surface area contributed by atoms with E-state index in [0.29, 0.717) is 5.70 Å². The molecule has 0 rings (SSSR count). The van der Waals surface area contributed by atoms with Gasteiger partial charge in [-0.3, -0.25) is 0 Å². The summed E-state index contributed by atoms with van der Waals surface area (Å²) >= 11 is 0. The third-order valence-corrected chi connectivity index (χ3v) is 1.10. The standard InChI is InChI=1S/C8H11NO3/c1-4-7(10)12-8(11)5-6(2)9-3/h4-5,9H,1H2,2-3H3/b6-5-. The molecule has 0 aromatic carbocycles. The summed E-state index contributed by atoms with van der Waals surface area (Å²) in [6, 6.07) is 0. The normalized spacial score (nSPS) is 10.3. The van der Waals surface area contributed by atoms with E-state index in [4.69, 9.17) is 0 Å². The molecule has 66 valence electrons. The number of allylic oxidation sites excluding steroid dienone is 1. The lowest BCUT2D eigenvalue weighted by Gasteiger charge is -1.97. The van der Waals surface area contributed by atoms with Crippen molar-refractivity contribution in [1.29, 1.82) is 0 Å². The summed E-state index contributed by atoms with van der Waals surface area (Å²) in [6.45, 7) is 4.83. The molecule has 0 aliphatic heterocycles. The fraction of sp³-hybridized carbons (Fsp3) is 0.250. The molecule has 0 saturated heterocycles. The van der Waals surface area contributed by atoms with E-state index in [0.717, 1.165) is 6.08 Å². The van der Waals surface area contributed by atoms with Gasteiger partial charge in [-0.05, 0) is 6.92 Å². The molecule has 0 heterocycles. The highest BCUT2D eigenvalue weighted by Gasteiger charge is 2.02. The average molecular weight is 169 g/mol. The zero-order valence-electron chi connectivity index (χ0n) is 7.09. The van der Waals surface area contributed by atoms with E-state index in [1.54, 1.807) is 14.0 Å². The molecule has 0 aromatic rings. The molecule has 0 saturated carbocycles. The quantitative estimate of drug-likeness (QED) is 0.376. The lowest BCUT2D eigenvalue weighted by Crippen LogP contribution is -2.10. The van der Waals surface area contributed by atoms with Crippen LogP contribution in [-0.2, 0) is 14.3 Å². The van der Waals surface area contributed by atoms with Crippen molar-refractivity contribution in [3.8, 4) is 0 Å². The van der Waals surface area contributed by atoms with E-state index in [1.165, 1.54) is 6.08 Å². The molecule has 1 N–H and O–H groups in total. The van der Waals surface area contributed by atoms with Gasteiger partial charge in [-0.25, -0.2) is 9.59 Å². The molecule has 0 fully saturated rings. The minimum atomic E-state index is -0.750. The zero-order valence-corrected chi connectivity index (χ0v) is 7.09. The Kier molecular flexibility index (Phi) is 4.45. The summed E-state index contributed by atoms with van der Waals surface area (Å²) < 4.78 is 4.26. The van der Waals surface area contributed by atoms with E-state index in [-0.39, 0.29) is 0 Å². The molecular formula is C8H11NO3. The average Bonchev–Trinajstić information content (AvgIpc) is 2.03. The Morgan fingerprint density at radius 2 is 2.00 bits per heavy atom. The number of esters is 2. The smallest absolute Gasteiger partial charge is 0.340 e. The fourth-order valence-corrected chi connectivity index (χ4v) is 0.419. The van der Waals surface area contributed by atoms with Crippen molar-refractivity contribution < 1.29 is 14.3 Å². The van der Waals surface area contributed by atoms with Gasteiger partial charge in [0.25, 0.3) is 0 Å². The first-order chi connectivity index (χ1) is 5.60. The predicted octanol–water partition coefficient (Wildman–Crippen LogP) is 0.365. The number of carbonyl (C=O) groups excluding carboxylic acids is 2. The molecule has 0 unspecified atom stereocenters. The monoisotopic (exact) mass is 169 g/mol.